The van der Waals surface area contributed by atoms with Crippen molar-refractivity contribution >= 4 is 10.0 Å². The van der Waals surface area contributed by atoms with Crippen LogP contribution < -0.4 is 4.74 Å². The molecule has 24 heavy (non-hydrogen) atoms. The van der Waals surface area contributed by atoms with E-state index < -0.39 is 10.0 Å². The highest BCUT2D eigenvalue weighted by atomic mass is 32.2. The van der Waals surface area contributed by atoms with E-state index >= 15 is 0 Å². The minimum absolute atomic E-state index is 0.0120. The molecule has 2 saturated heterocycles. The van der Waals surface area contributed by atoms with Gasteiger partial charge in [0.05, 0.1) is 4.90 Å². The maximum Gasteiger partial charge on any atom is 0.243 e. The molecule has 5 nitrogen and oxygen atoms in total. The van der Waals surface area contributed by atoms with Crippen molar-refractivity contribution < 1.29 is 17.9 Å². The molecule has 0 amide bonds. The highest BCUT2D eigenvalue weighted by Crippen LogP contribution is 2.54. The van der Waals surface area contributed by atoms with Crippen LogP contribution in [0, 0.1) is 11.8 Å². The van der Waals surface area contributed by atoms with Gasteiger partial charge in [-0.1, -0.05) is 13.8 Å². The van der Waals surface area contributed by atoms with Crippen molar-refractivity contribution in [2.75, 3.05) is 13.1 Å². The Kier molecular flexibility index (Phi) is 3.54. The van der Waals surface area contributed by atoms with E-state index in [1.54, 1.807) is 22.5 Å². The molecule has 3 aliphatic heterocycles. The zero-order valence-corrected chi connectivity index (χ0v) is 15.5. The van der Waals surface area contributed by atoms with Crippen LogP contribution >= 0.6 is 0 Å². The summed E-state index contributed by atoms with van der Waals surface area (Å²) in [7, 11) is -3.47. The third-order valence-electron chi connectivity index (χ3n) is 5.31. The van der Waals surface area contributed by atoms with Crippen LogP contribution in [0.1, 0.15) is 45.8 Å². The third kappa shape index (κ3) is 2.55. The first-order chi connectivity index (χ1) is 11.2. The summed E-state index contributed by atoms with van der Waals surface area (Å²) in [6, 6.07) is 5.18. The van der Waals surface area contributed by atoms with E-state index in [-0.39, 0.29) is 17.8 Å². The van der Waals surface area contributed by atoms with Crippen molar-refractivity contribution in [2.24, 2.45) is 11.8 Å². The van der Waals surface area contributed by atoms with Crippen molar-refractivity contribution in [1.29, 1.82) is 0 Å². The smallest absolute Gasteiger partial charge is 0.243 e. The van der Waals surface area contributed by atoms with Gasteiger partial charge in [-0.3, -0.25) is 0 Å². The van der Waals surface area contributed by atoms with E-state index in [1.807, 2.05) is 13.8 Å². The van der Waals surface area contributed by atoms with Gasteiger partial charge in [0.2, 0.25) is 10.0 Å². The molecular formula is C18H25NO4S. The molecule has 132 valence electrons. The van der Waals surface area contributed by atoms with Gasteiger partial charge in [0, 0.05) is 18.7 Å². The fraction of sp³-hybridized carbons (Fsp3) is 0.667. The summed E-state index contributed by atoms with van der Waals surface area (Å²) in [4.78, 5) is 0.347. The molecule has 0 bridgehead atoms. The average Bonchev–Trinajstić information content (AvgIpc) is 3.27. The first-order valence-electron chi connectivity index (χ1n) is 8.67. The minimum atomic E-state index is -3.47. The molecule has 0 aromatic heterocycles. The summed E-state index contributed by atoms with van der Waals surface area (Å²) in [6.07, 6.45) is 1.05. The number of hydrogen-bond acceptors (Lipinski definition) is 4. The number of ether oxygens (including phenoxy) is 2. The lowest BCUT2D eigenvalue weighted by molar-refractivity contribution is 0.0724. The molecule has 2 unspecified atom stereocenters. The fourth-order valence-corrected chi connectivity index (χ4v) is 5.89. The van der Waals surface area contributed by atoms with Crippen LogP contribution in [0.2, 0.25) is 0 Å². The van der Waals surface area contributed by atoms with Crippen molar-refractivity contribution in [3.8, 4) is 5.75 Å². The normalized spacial score (nSPS) is 34.8. The third-order valence-corrected chi connectivity index (χ3v) is 7.14. The zero-order valence-electron chi connectivity index (χ0n) is 14.7. The lowest BCUT2D eigenvalue weighted by Gasteiger charge is -2.34. The monoisotopic (exact) mass is 351 g/mol. The first-order valence-corrected chi connectivity index (χ1v) is 10.1. The number of sulfonamides is 1. The number of nitrogens with zero attached hydrogens (tertiary/aromatic N) is 1. The maximum absolute atomic E-state index is 13.1. The molecule has 4 atom stereocenters. The molecule has 1 aromatic rings. The molecule has 6 heteroatoms. The van der Waals surface area contributed by atoms with Gasteiger partial charge >= 0.3 is 0 Å². The lowest BCUT2D eigenvalue weighted by atomic mass is 9.94. The Hall–Kier alpha value is -1.11. The van der Waals surface area contributed by atoms with Gasteiger partial charge < -0.3 is 9.47 Å². The Labute approximate surface area is 144 Å². The molecule has 0 spiro atoms. The van der Waals surface area contributed by atoms with Gasteiger partial charge in [0.15, 0.2) is 0 Å². The van der Waals surface area contributed by atoms with Crippen LogP contribution in [-0.4, -0.2) is 37.5 Å². The van der Waals surface area contributed by atoms with E-state index in [0.29, 0.717) is 29.8 Å². The Morgan fingerprint density at radius 2 is 1.83 bits per heavy atom. The summed E-state index contributed by atoms with van der Waals surface area (Å²) >= 11 is 0. The molecule has 0 aliphatic carbocycles. The van der Waals surface area contributed by atoms with Gasteiger partial charge in [-0.25, -0.2) is 8.42 Å². The van der Waals surface area contributed by atoms with Crippen molar-refractivity contribution in [1.82, 2.24) is 4.31 Å². The number of hydrogen-bond donors (Lipinski definition) is 0. The molecule has 4 rings (SSSR count). The standard InChI is InChI=1S/C18H25NO4S/c1-11-7-12(2)10-19(9-11)24(20,21)13-5-6-15-14(8-13)16-17(22-16)18(3,4)23-15/h5-6,8,11-12,16-17H,7,9-10H2,1-4H3/t11?,12?,16-,17-/m0/s1. The maximum atomic E-state index is 13.1. The zero-order chi connectivity index (χ0) is 17.3. The van der Waals surface area contributed by atoms with Crippen LogP contribution in [0.4, 0.5) is 0 Å². The largest absolute Gasteiger partial charge is 0.485 e. The van der Waals surface area contributed by atoms with E-state index in [4.69, 9.17) is 9.47 Å². The predicted molar refractivity (Wildman–Crippen MR) is 90.5 cm³/mol. The van der Waals surface area contributed by atoms with Crippen molar-refractivity contribution in [2.45, 2.75) is 56.8 Å². The summed E-state index contributed by atoms with van der Waals surface area (Å²) < 4.78 is 39.5. The SMILES string of the molecule is CC1CC(C)CN(S(=O)(=O)c2ccc3c(c2)[C@@H]2O[C@@H]2C(C)(C)O3)C1. The summed E-state index contributed by atoms with van der Waals surface area (Å²) in [5.74, 6) is 1.51. The summed E-state index contributed by atoms with van der Waals surface area (Å²) in [5, 5.41) is 0. The summed E-state index contributed by atoms with van der Waals surface area (Å²) in [5.41, 5.74) is 0.494. The number of piperidine rings is 1. The lowest BCUT2D eigenvalue weighted by Crippen LogP contribution is -2.42. The van der Waals surface area contributed by atoms with Gasteiger partial charge in [-0.2, -0.15) is 4.31 Å². The number of benzene rings is 1. The molecular weight excluding hydrogens is 326 g/mol. The van der Waals surface area contributed by atoms with Crippen LogP contribution in [0.15, 0.2) is 23.1 Å². The first kappa shape index (κ1) is 16.4. The van der Waals surface area contributed by atoms with E-state index in [9.17, 15) is 8.42 Å². The van der Waals surface area contributed by atoms with Gasteiger partial charge in [0.1, 0.15) is 23.6 Å². The van der Waals surface area contributed by atoms with E-state index in [2.05, 4.69) is 13.8 Å². The fourth-order valence-electron chi connectivity index (χ4n) is 4.17. The van der Waals surface area contributed by atoms with Gasteiger partial charge in [-0.15, -0.1) is 0 Å². The van der Waals surface area contributed by atoms with Crippen LogP contribution in [0.5, 0.6) is 5.75 Å². The molecule has 3 heterocycles. The number of rotatable bonds is 2. The van der Waals surface area contributed by atoms with Crippen molar-refractivity contribution in [3.63, 3.8) is 0 Å². The Morgan fingerprint density at radius 1 is 1.17 bits per heavy atom. The molecule has 0 N–H and O–H groups in total. The second-order valence-corrected chi connectivity index (χ2v) is 10.1. The molecule has 1 aromatic carbocycles. The topological polar surface area (TPSA) is 59.1 Å². The average molecular weight is 351 g/mol. The number of epoxide rings is 1. The molecule has 3 aliphatic rings. The number of fused-ring (bicyclic) bond motifs is 3. The van der Waals surface area contributed by atoms with Gasteiger partial charge in [-0.05, 0) is 50.3 Å². The highest BCUT2D eigenvalue weighted by Gasteiger charge is 2.56. The molecule has 0 saturated carbocycles. The van der Waals surface area contributed by atoms with Crippen LogP contribution in [-0.2, 0) is 14.8 Å². The molecule has 0 radical (unpaired) electrons. The quantitative estimate of drug-likeness (QED) is 0.769. The van der Waals surface area contributed by atoms with Crippen LogP contribution in [0.25, 0.3) is 0 Å². The summed E-state index contributed by atoms with van der Waals surface area (Å²) in [6.45, 7) is 9.42. The van der Waals surface area contributed by atoms with Crippen LogP contribution in [0.3, 0.4) is 0 Å². The Morgan fingerprint density at radius 3 is 2.50 bits per heavy atom. The minimum Gasteiger partial charge on any atom is -0.485 e. The second kappa shape index (κ2) is 5.19. The Bertz CT molecular complexity index is 763. The second-order valence-electron chi connectivity index (χ2n) is 8.15. The van der Waals surface area contributed by atoms with Crippen molar-refractivity contribution in [3.05, 3.63) is 23.8 Å². The Balaban J connectivity index is 1.67. The van der Waals surface area contributed by atoms with E-state index in [0.717, 1.165) is 17.7 Å². The predicted octanol–water partition coefficient (Wildman–Crippen LogP) is 2.96. The van der Waals surface area contributed by atoms with Gasteiger partial charge in [0.25, 0.3) is 0 Å². The van der Waals surface area contributed by atoms with E-state index in [1.165, 1.54) is 0 Å². The molecule has 2 fully saturated rings. The highest BCUT2D eigenvalue weighted by molar-refractivity contribution is 7.89.